The van der Waals surface area contributed by atoms with Crippen LogP contribution in [0, 0.1) is 25.7 Å². The fourth-order valence-electron chi connectivity index (χ4n) is 3.62. The van der Waals surface area contributed by atoms with Crippen molar-refractivity contribution < 1.29 is 0 Å². The molecule has 0 bridgehead atoms. The Balaban J connectivity index is 0.000000203. The van der Waals surface area contributed by atoms with Gasteiger partial charge in [-0.25, -0.2) is 0 Å². The number of hydrogen-bond acceptors (Lipinski definition) is 0. The minimum absolute atomic E-state index is 0.962. The lowest BCUT2D eigenvalue weighted by molar-refractivity contribution is 0.459. The van der Waals surface area contributed by atoms with Gasteiger partial charge < -0.3 is 0 Å². The third-order valence-electron chi connectivity index (χ3n) is 4.93. The summed E-state index contributed by atoms with van der Waals surface area (Å²) in [6, 6.07) is 19.5. The summed E-state index contributed by atoms with van der Waals surface area (Å²) in [4.78, 5) is 0. The van der Waals surface area contributed by atoms with Gasteiger partial charge >= 0.3 is 0 Å². The predicted molar refractivity (Wildman–Crippen MR) is 102 cm³/mol. The highest BCUT2D eigenvalue weighted by atomic mass is 14.3. The van der Waals surface area contributed by atoms with Gasteiger partial charge in [0.05, 0.1) is 0 Å². The van der Waals surface area contributed by atoms with Crippen LogP contribution in [0.15, 0.2) is 54.6 Å². The van der Waals surface area contributed by atoms with Gasteiger partial charge in [0.2, 0.25) is 0 Å². The SMILES string of the molecule is CCCC1CCC(Cc2ccccc2)C1.Cc1ccc(C)cc1. The Morgan fingerprint density at radius 1 is 0.783 bits per heavy atom. The first kappa shape index (κ1) is 17.8. The molecule has 0 aromatic heterocycles. The van der Waals surface area contributed by atoms with Crippen molar-refractivity contribution in [3.8, 4) is 0 Å². The highest BCUT2D eigenvalue weighted by Crippen LogP contribution is 2.35. The van der Waals surface area contributed by atoms with E-state index in [2.05, 4.69) is 75.4 Å². The zero-order valence-corrected chi connectivity index (χ0v) is 15.1. The molecule has 0 amide bonds. The van der Waals surface area contributed by atoms with E-state index in [1.54, 1.807) is 0 Å². The number of rotatable bonds is 4. The van der Waals surface area contributed by atoms with E-state index in [1.807, 2.05) is 0 Å². The number of aryl methyl sites for hydroxylation is 2. The summed E-state index contributed by atoms with van der Waals surface area (Å²) in [6.07, 6.45) is 8.53. The fraction of sp³-hybridized carbons (Fsp3) is 0.478. The Hall–Kier alpha value is -1.56. The highest BCUT2D eigenvalue weighted by molar-refractivity contribution is 5.19. The third kappa shape index (κ3) is 6.60. The molecular weight excluding hydrogens is 276 g/mol. The van der Waals surface area contributed by atoms with Gasteiger partial charge in [-0.15, -0.1) is 0 Å². The quantitative estimate of drug-likeness (QED) is 0.586. The molecule has 0 radical (unpaired) electrons. The minimum atomic E-state index is 0.962. The molecule has 1 aliphatic carbocycles. The largest absolute Gasteiger partial charge is 0.0654 e. The Bertz CT molecular complexity index is 517. The Kier molecular flexibility index (Phi) is 7.39. The molecule has 2 atom stereocenters. The van der Waals surface area contributed by atoms with Crippen molar-refractivity contribution in [2.24, 2.45) is 11.8 Å². The summed E-state index contributed by atoms with van der Waals surface area (Å²) in [5.41, 5.74) is 4.19. The van der Waals surface area contributed by atoms with Crippen LogP contribution in [0.5, 0.6) is 0 Å². The van der Waals surface area contributed by atoms with Crippen LogP contribution >= 0.6 is 0 Å². The monoisotopic (exact) mass is 308 g/mol. The molecule has 0 saturated heterocycles. The zero-order chi connectivity index (χ0) is 16.5. The average molecular weight is 309 g/mol. The Morgan fingerprint density at radius 2 is 1.35 bits per heavy atom. The molecule has 1 aliphatic rings. The normalized spacial score (nSPS) is 20.0. The topological polar surface area (TPSA) is 0 Å². The molecule has 0 nitrogen and oxygen atoms in total. The lowest BCUT2D eigenvalue weighted by Gasteiger charge is -2.10. The molecule has 0 spiro atoms. The molecule has 2 aromatic carbocycles. The van der Waals surface area contributed by atoms with E-state index in [1.165, 1.54) is 55.2 Å². The van der Waals surface area contributed by atoms with E-state index in [4.69, 9.17) is 0 Å². The van der Waals surface area contributed by atoms with Crippen molar-refractivity contribution in [1.82, 2.24) is 0 Å². The van der Waals surface area contributed by atoms with Gasteiger partial charge in [-0.1, -0.05) is 91.9 Å². The highest BCUT2D eigenvalue weighted by Gasteiger charge is 2.23. The second kappa shape index (κ2) is 9.55. The first-order valence-electron chi connectivity index (χ1n) is 9.24. The molecule has 124 valence electrons. The second-order valence-electron chi connectivity index (χ2n) is 7.18. The van der Waals surface area contributed by atoms with Crippen LogP contribution in [-0.4, -0.2) is 0 Å². The lowest BCUT2D eigenvalue weighted by atomic mass is 9.95. The summed E-state index contributed by atoms with van der Waals surface area (Å²) >= 11 is 0. The maximum atomic E-state index is 2.31. The summed E-state index contributed by atoms with van der Waals surface area (Å²) < 4.78 is 0. The average Bonchev–Trinajstić information content (AvgIpc) is 2.99. The molecule has 2 unspecified atom stereocenters. The minimum Gasteiger partial charge on any atom is -0.0654 e. The first-order valence-corrected chi connectivity index (χ1v) is 9.24. The first-order chi connectivity index (χ1) is 11.2. The number of benzene rings is 2. The maximum absolute atomic E-state index is 2.31. The smallest absolute Gasteiger partial charge is 0.0250 e. The summed E-state index contributed by atoms with van der Waals surface area (Å²) in [5.74, 6) is 1.99. The van der Waals surface area contributed by atoms with Crippen LogP contribution < -0.4 is 0 Å². The van der Waals surface area contributed by atoms with Gasteiger partial charge in [0.15, 0.2) is 0 Å². The lowest BCUT2D eigenvalue weighted by Crippen LogP contribution is -2.00. The molecule has 3 rings (SSSR count). The van der Waals surface area contributed by atoms with E-state index in [0.29, 0.717) is 0 Å². The van der Waals surface area contributed by atoms with Crippen LogP contribution in [0.25, 0.3) is 0 Å². The van der Waals surface area contributed by atoms with Crippen LogP contribution in [0.1, 0.15) is 55.7 Å². The molecular formula is C23H32. The van der Waals surface area contributed by atoms with E-state index in [-0.39, 0.29) is 0 Å². The fourth-order valence-corrected chi connectivity index (χ4v) is 3.62. The van der Waals surface area contributed by atoms with Crippen molar-refractivity contribution in [2.45, 2.75) is 59.3 Å². The van der Waals surface area contributed by atoms with Crippen molar-refractivity contribution in [3.63, 3.8) is 0 Å². The summed E-state index contributed by atoms with van der Waals surface area (Å²) in [5, 5.41) is 0. The van der Waals surface area contributed by atoms with Crippen LogP contribution in [-0.2, 0) is 6.42 Å². The number of hydrogen-bond donors (Lipinski definition) is 0. The third-order valence-corrected chi connectivity index (χ3v) is 4.93. The second-order valence-corrected chi connectivity index (χ2v) is 7.18. The molecule has 1 fully saturated rings. The van der Waals surface area contributed by atoms with Crippen molar-refractivity contribution in [3.05, 3.63) is 71.3 Å². The van der Waals surface area contributed by atoms with Crippen LogP contribution in [0.2, 0.25) is 0 Å². The summed E-state index contributed by atoms with van der Waals surface area (Å²) in [7, 11) is 0. The van der Waals surface area contributed by atoms with Crippen molar-refractivity contribution >= 4 is 0 Å². The zero-order valence-electron chi connectivity index (χ0n) is 15.1. The van der Waals surface area contributed by atoms with Crippen LogP contribution in [0.3, 0.4) is 0 Å². The van der Waals surface area contributed by atoms with Crippen molar-refractivity contribution in [1.29, 1.82) is 0 Å². The van der Waals surface area contributed by atoms with E-state index in [0.717, 1.165) is 11.8 Å². The van der Waals surface area contributed by atoms with E-state index >= 15 is 0 Å². The standard InChI is InChI=1S/C15H22.C8H10/c1-2-6-13-9-10-15(11-13)12-14-7-4-3-5-8-14;1-7-3-5-8(2)6-4-7/h3-5,7-8,13,15H,2,6,9-12H2,1H3;3-6H,1-2H3. The van der Waals surface area contributed by atoms with Gasteiger partial charge in [0.25, 0.3) is 0 Å². The Labute approximate surface area is 143 Å². The molecule has 0 heteroatoms. The van der Waals surface area contributed by atoms with E-state index < -0.39 is 0 Å². The van der Waals surface area contributed by atoms with Gasteiger partial charge in [-0.2, -0.15) is 0 Å². The van der Waals surface area contributed by atoms with Gasteiger partial charge in [0, 0.05) is 0 Å². The van der Waals surface area contributed by atoms with E-state index in [9.17, 15) is 0 Å². The van der Waals surface area contributed by atoms with Crippen molar-refractivity contribution in [2.75, 3.05) is 0 Å². The van der Waals surface area contributed by atoms with Crippen LogP contribution in [0.4, 0.5) is 0 Å². The molecule has 0 N–H and O–H groups in total. The molecule has 0 aliphatic heterocycles. The molecule has 1 saturated carbocycles. The maximum Gasteiger partial charge on any atom is -0.0250 e. The predicted octanol–water partition coefficient (Wildman–Crippen LogP) is 6.75. The van der Waals surface area contributed by atoms with Gasteiger partial charge in [-0.3, -0.25) is 0 Å². The van der Waals surface area contributed by atoms with Gasteiger partial charge in [0.1, 0.15) is 0 Å². The molecule has 2 aromatic rings. The molecule has 0 heterocycles. The summed E-state index contributed by atoms with van der Waals surface area (Å²) in [6.45, 7) is 6.50. The molecule has 23 heavy (non-hydrogen) atoms. The van der Waals surface area contributed by atoms with Gasteiger partial charge in [-0.05, 0) is 50.5 Å². The Morgan fingerprint density at radius 3 is 1.91 bits per heavy atom.